The highest BCUT2D eigenvalue weighted by molar-refractivity contribution is 6.09. The molecular weight excluding hydrogens is 128 g/mol. The van der Waals surface area contributed by atoms with Crippen molar-refractivity contribution in [3.8, 4) is 0 Å². The summed E-state index contributed by atoms with van der Waals surface area (Å²) in [5.74, 6) is -0.116. The summed E-state index contributed by atoms with van der Waals surface area (Å²) in [7, 11) is 0. The molecule has 0 aromatic rings. The minimum atomic E-state index is -0.116. The Balaban J connectivity index is 2.90. The van der Waals surface area contributed by atoms with Gasteiger partial charge in [0.1, 0.15) is 6.29 Å². The number of rotatable bonds is 1. The first-order chi connectivity index (χ1) is 4.84. The number of hydrogen-bond acceptors (Lipinski definition) is 2. The molecule has 50 valence electrons. The molecule has 0 radical (unpaired) electrons. The Bertz CT molecular complexity index is 244. The third-order valence-electron chi connectivity index (χ3n) is 1.17. The molecule has 0 unspecified atom stereocenters. The van der Waals surface area contributed by atoms with Gasteiger partial charge in [-0.05, 0) is 12.2 Å². The second-order valence-corrected chi connectivity index (χ2v) is 1.84. The summed E-state index contributed by atoms with van der Waals surface area (Å²) in [5, 5.41) is 0. The van der Waals surface area contributed by atoms with Gasteiger partial charge in [-0.1, -0.05) is 18.2 Å². The van der Waals surface area contributed by atoms with Gasteiger partial charge in [-0.2, -0.15) is 0 Å². The second-order valence-electron chi connectivity index (χ2n) is 1.84. The summed E-state index contributed by atoms with van der Waals surface area (Å²) in [5.41, 5.74) is 0.442. The van der Waals surface area contributed by atoms with Crippen molar-refractivity contribution in [2.45, 2.75) is 0 Å². The van der Waals surface area contributed by atoms with Crippen molar-refractivity contribution in [1.29, 1.82) is 0 Å². The van der Waals surface area contributed by atoms with Crippen molar-refractivity contribution in [3.63, 3.8) is 0 Å². The molecule has 1 aliphatic rings. The third kappa shape index (κ3) is 1.29. The van der Waals surface area contributed by atoms with E-state index in [1.165, 1.54) is 12.2 Å². The molecule has 0 saturated carbocycles. The van der Waals surface area contributed by atoms with Gasteiger partial charge in [-0.3, -0.25) is 9.59 Å². The quantitative estimate of drug-likeness (QED) is 0.392. The zero-order chi connectivity index (χ0) is 7.40. The van der Waals surface area contributed by atoms with Crippen LogP contribution < -0.4 is 0 Å². The Morgan fingerprint density at radius 3 is 2.50 bits per heavy atom. The molecule has 0 N–H and O–H groups in total. The monoisotopic (exact) mass is 134 g/mol. The SMILES string of the molecule is O=C/C=C1/C=CC=CC1=O. The lowest BCUT2D eigenvalue weighted by molar-refractivity contribution is -0.111. The van der Waals surface area contributed by atoms with Gasteiger partial charge in [-0.15, -0.1) is 0 Å². The van der Waals surface area contributed by atoms with E-state index in [0.717, 1.165) is 0 Å². The fraction of sp³-hybridized carbons (Fsp3) is 0. The van der Waals surface area contributed by atoms with Crippen LogP contribution in [0.3, 0.4) is 0 Å². The van der Waals surface area contributed by atoms with E-state index in [2.05, 4.69) is 0 Å². The number of carbonyl (C=O) groups excluding carboxylic acids is 2. The highest BCUT2D eigenvalue weighted by Gasteiger charge is 2.02. The molecule has 0 heterocycles. The molecule has 2 nitrogen and oxygen atoms in total. The van der Waals surface area contributed by atoms with E-state index >= 15 is 0 Å². The first kappa shape index (κ1) is 6.68. The first-order valence-corrected chi connectivity index (χ1v) is 2.89. The Hall–Kier alpha value is -1.44. The van der Waals surface area contributed by atoms with E-state index in [0.29, 0.717) is 11.9 Å². The van der Waals surface area contributed by atoms with E-state index in [1.54, 1.807) is 18.2 Å². The summed E-state index contributed by atoms with van der Waals surface area (Å²) in [6.07, 6.45) is 8.26. The standard InChI is InChI=1S/C8H6O2/c9-6-5-7-3-1-2-4-8(7)10/h1-6H/b7-5-. The lowest BCUT2D eigenvalue weighted by Crippen LogP contribution is -1.98. The summed E-state index contributed by atoms with van der Waals surface area (Å²) >= 11 is 0. The molecule has 0 amide bonds. The average molecular weight is 134 g/mol. The molecule has 0 aliphatic heterocycles. The van der Waals surface area contributed by atoms with E-state index in [1.807, 2.05) is 0 Å². The lowest BCUT2D eigenvalue weighted by Gasteiger charge is -1.96. The minimum Gasteiger partial charge on any atom is -0.299 e. The van der Waals surface area contributed by atoms with E-state index < -0.39 is 0 Å². The van der Waals surface area contributed by atoms with E-state index in [9.17, 15) is 9.59 Å². The predicted molar refractivity (Wildman–Crippen MR) is 37.4 cm³/mol. The molecule has 0 saturated heterocycles. The van der Waals surface area contributed by atoms with Crippen molar-refractivity contribution >= 4 is 12.1 Å². The highest BCUT2D eigenvalue weighted by atomic mass is 16.1. The zero-order valence-electron chi connectivity index (χ0n) is 5.28. The van der Waals surface area contributed by atoms with Crippen LogP contribution >= 0.6 is 0 Å². The number of allylic oxidation sites excluding steroid dienone is 6. The first-order valence-electron chi connectivity index (χ1n) is 2.89. The molecule has 0 spiro atoms. The van der Waals surface area contributed by atoms with Gasteiger partial charge in [-0.25, -0.2) is 0 Å². The molecule has 0 aromatic heterocycles. The number of hydrogen-bond donors (Lipinski definition) is 0. The topological polar surface area (TPSA) is 34.1 Å². The van der Waals surface area contributed by atoms with Crippen LogP contribution in [0, 0.1) is 0 Å². The molecule has 1 rings (SSSR count). The molecule has 10 heavy (non-hydrogen) atoms. The van der Waals surface area contributed by atoms with Crippen LogP contribution in [0.15, 0.2) is 36.0 Å². The second kappa shape index (κ2) is 2.92. The number of ketones is 1. The van der Waals surface area contributed by atoms with Crippen LogP contribution in [0.1, 0.15) is 0 Å². The summed E-state index contributed by atoms with van der Waals surface area (Å²) in [6, 6.07) is 0. The van der Waals surface area contributed by atoms with Gasteiger partial charge in [0.25, 0.3) is 0 Å². The Morgan fingerprint density at radius 2 is 1.90 bits per heavy atom. The number of aldehydes is 1. The maximum atomic E-state index is 10.8. The van der Waals surface area contributed by atoms with Crippen LogP contribution in [0.25, 0.3) is 0 Å². The van der Waals surface area contributed by atoms with E-state index in [-0.39, 0.29) is 5.78 Å². The lowest BCUT2D eigenvalue weighted by atomic mass is 10.1. The molecule has 0 aromatic carbocycles. The summed E-state index contributed by atoms with van der Waals surface area (Å²) in [4.78, 5) is 20.8. The Kier molecular flexibility index (Phi) is 1.95. The van der Waals surface area contributed by atoms with Crippen LogP contribution in [0.4, 0.5) is 0 Å². The van der Waals surface area contributed by atoms with Crippen LogP contribution in [0.5, 0.6) is 0 Å². The molecule has 0 atom stereocenters. The average Bonchev–Trinajstić information content (AvgIpc) is 1.94. The van der Waals surface area contributed by atoms with Crippen molar-refractivity contribution < 1.29 is 9.59 Å². The van der Waals surface area contributed by atoms with Crippen molar-refractivity contribution in [2.24, 2.45) is 0 Å². The van der Waals surface area contributed by atoms with Gasteiger partial charge in [0.2, 0.25) is 0 Å². The maximum Gasteiger partial charge on any atom is 0.185 e. The Labute approximate surface area is 58.5 Å². The zero-order valence-corrected chi connectivity index (χ0v) is 5.28. The minimum absolute atomic E-state index is 0.116. The maximum absolute atomic E-state index is 10.8. The third-order valence-corrected chi connectivity index (χ3v) is 1.17. The van der Waals surface area contributed by atoms with Crippen LogP contribution in [0.2, 0.25) is 0 Å². The molecule has 0 fully saturated rings. The van der Waals surface area contributed by atoms with Gasteiger partial charge in [0, 0.05) is 5.57 Å². The number of carbonyl (C=O) groups is 2. The van der Waals surface area contributed by atoms with Crippen molar-refractivity contribution in [2.75, 3.05) is 0 Å². The van der Waals surface area contributed by atoms with Gasteiger partial charge < -0.3 is 0 Å². The summed E-state index contributed by atoms with van der Waals surface area (Å²) in [6.45, 7) is 0. The molecule has 0 bridgehead atoms. The molecule has 2 heteroatoms. The van der Waals surface area contributed by atoms with Gasteiger partial charge in [0.05, 0.1) is 0 Å². The molecular formula is C8H6O2. The normalized spacial score (nSPS) is 20.0. The van der Waals surface area contributed by atoms with Crippen LogP contribution in [-0.4, -0.2) is 12.1 Å². The smallest absolute Gasteiger partial charge is 0.185 e. The summed E-state index contributed by atoms with van der Waals surface area (Å²) < 4.78 is 0. The van der Waals surface area contributed by atoms with Crippen molar-refractivity contribution in [3.05, 3.63) is 36.0 Å². The van der Waals surface area contributed by atoms with Crippen molar-refractivity contribution in [1.82, 2.24) is 0 Å². The molecule has 1 aliphatic carbocycles. The van der Waals surface area contributed by atoms with Gasteiger partial charge >= 0.3 is 0 Å². The fourth-order valence-electron chi connectivity index (χ4n) is 0.692. The fourth-order valence-corrected chi connectivity index (χ4v) is 0.692. The van der Waals surface area contributed by atoms with Crippen LogP contribution in [-0.2, 0) is 9.59 Å². The van der Waals surface area contributed by atoms with E-state index in [4.69, 9.17) is 0 Å². The largest absolute Gasteiger partial charge is 0.299 e. The highest BCUT2D eigenvalue weighted by Crippen LogP contribution is 2.04. The van der Waals surface area contributed by atoms with Gasteiger partial charge in [0.15, 0.2) is 5.78 Å². The Morgan fingerprint density at radius 1 is 1.20 bits per heavy atom. The predicted octanol–water partition coefficient (Wildman–Crippen LogP) is 0.807.